The number of nitrogens with one attached hydrogen (secondary N) is 2. The molecule has 0 bridgehead atoms. The molecular weight excluding hydrogens is 314 g/mol. The zero-order valence-electron chi connectivity index (χ0n) is 10.2. The van der Waals surface area contributed by atoms with Crippen LogP contribution in [0, 0.1) is 0 Å². The van der Waals surface area contributed by atoms with E-state index in [4.69, 9.17) is 9.47 Å². The molecule has 0 saturated carbocycles. The van der Waals surface area contributed by atoms with Crippen molar-refractivity contribution >= 4 is 27.7 Å². The predicted molar refractivity (Wildman–Crippen MR) is 72.2 cm³/mol. The first kappa shape index (κ1) is 12.8. The maximum Gasteiger partial charge on any atom is 0.266 e. The number of morpholine rings is 1. The number of hydrogen-bond donors (Lipinski definition) is 2. The van der Waals surface area contributed by atoms with Crippen molar-refractivity contribution in [2.24, 2.45) is 0 Å². The Hall–Kier alpha value is -1.18. The fourth-order valence-corrected chi connectivity index (χ4v) is 2.49. The van der Waals surface area contributed by atoms with Crippen LogP contribution < -0.4 is 15.4 Å². The van der Waals surface area contributed by atoms with Crippen LogP contribution in [-0.2, 0) is 9.53 Å². The summed E-state index contributed by atoms with van der Waals surface area (Å²) < 4.78 is 11.9. The van der Waals surface area contributed by atoms with Crippen LogP contribution in [0.2, 0.25) is 0 Å². The van der Waals surface area contributed by atoms with Crippen molar-refractivity contribution in [3.05, 3.63) is 16.7 Å². The third-order valence-electron chi connectivity index (χ3n) is 3.11. The number of carbonyl (C=O) groups is 1. The Labute approximate surface area is 119 Å². The van der Waals surface area contributed by atoms with Crippen molar-refractivity contribution < 1.29 is 14.3 Å². The molecule has 19 heavy (non-hydrogen) atoms. The first-order valence-corrected chi connectivity index (χ1v) is 6.98. The van der Waals surface area contributed by atoms with E-state index in [0.29, 0.717) is 29.2 Å². The molecule has 1 aromatic rings. The molecule has 1 saturated heterocycles. The van der Waals surface area contributed by atoms with E-state index in [1.807, 2.05) is 0 Å². The van der Waals surface area contributed by atoms with Gasteiger partial charge in [0.1, 0.15) is 4.60 Å². The topological polar surface area (TPSA) is 72.5 Å². The maximum atomic E-state index is 12.0. The van der Waals surface area contributed by atoms with Crippen molar-refractivity contribution in [1.29, 1.82) is 0 Å². The molecule has 0 aliphatic carbocycles. The highest BCUT2D eigenvalue weighted by Crippen LogP contribution is 2.30. The van der Waals surface area contributed by atoms with E-state index in [0.717, 1.165) is 13.1 Å². The molecule has 2 N–H and O–H groups in total. The van der Waals surface area contributed by atoms with Crippen LogP contribution in [0.3, 0.4) is 0 Å². The standard InChI is InChI=1S/C12H14BrN3O3/c13-10-2-1-8-11(15-10)16-12(17)9(19-8)5-7-6-14-3-4-18-7/h1-2,7,9,14H,3-6H2,(H,15,16,17). The second kappa shape index (κ2) is 5.44. The number of rotatable bonds is 2. The van der Waals surface area contributed by atoms with E-state index < -0.39 is 6.10 Å². The van der Waals surface area contributed by atoms with Gasteiger partial charge in [-0.25, -0.2) is 4.98 Å². The summed E-state index contributed by atoms with van der Waals surface area (Å²) in [5.74, 6) is 0.877. The molecule has 0 aromatic carbocycles. The van der Waals surface area contributed by atoms with Crippen LogP contribution in [0.25, 0.3) is 0 Å². The first-order chi connectivity index (χ1) is 9.22. The van der Waals surface area contributed by atoms with E-state index >= 15 is 0 Å². The van der Waals surface area contributed by atoms with Crippen molar-refractivity contribution in [3.8, 4) is 5.75 Å². The number of halogens is 1. The highest BCUT2D eigenvalue weighted by molar-refractivity contribution is 9.10. The number of anilines is 1. The summed E-state index contributed by atoms with van der Waals surface area (Å²) in [6.45, 7) is 2.28. The minimum absolute atomic E-state index is 0.00876. The van der Waals surface area contributed by atoms with Crippen LogP contribution >= 0.6 is 15.9 Å². The number of carbonyl (C=O) groups excluding carboxylic acids is 1. The average molecular weight is 328 g/mol. The number of nitrogens with zero attached hydrogens (tertiary/aromatic N) is 1. The predicted octanol–water partition coefficient (Wildman–Crippen LogP) is 0.922. The molecule has 102 valence electrons. The molecule has 0 radical (unpaired) electrons. The van der Waals surface area contributed by atoms with Gasteiger partial charge in [-0.2, -0.15) is 0 Å². The highest BCUT2D eigenvalue weighted by atomic mass is 79.9. The molecule has 2 aliphatic rings. The normalized spacial score (nSPS) is 26.3. The molecule has 3 rings (SSSR count). The quantitative estimate of drug-likeness (QED) is 0.790. The highest BCUT2D eigenvalue weighted by Gasteiger charge is 2.31. The van der Waals surface area contributed by atoms with Gasteiger partial charge in [0, 0.05) is 19.5 Å². The Kier molecular flexibility index (Phi) is 3.67. The fourth-order valence-electron chi connectivity index (χ4n) is 2.18. The molecule has 7 heteroatoms. The van der Waals surface area contributed by atoms with Gasteiger partial charge in [-0.1, -0.05) is 0 Å². The summed E-state index contributed by atoms with van der Waals surface area (Å²) in [6, 6.07) is 3.57. The van der Waals surface area contributed by atoms with E-state index in [2.05, 4.69) is 31.5 Å². The van der Waals surface area contributed by atoms with Crippen LogP contribution in [0.4, 0.5) is 5.82 Å². The summed E-state index contributed by atoms with van der Waals surface area (Å²) in [5, 5.41) is 5.99. The lowest BCUT2D eigenvalue weighted by Gasteiger charge is -2.30. The third-order valence-corrected chi connectivity index (χ3v) is 3.55. The van der Waals surface area contributed by atoms with Gasteiger partial charge in [-0.15, -0.1) is 0 Å². The monoisotopic (exact) mass is 327 g/mol. The van der Waals surface area contributed by atoms with Crippen molar-refractivity contribution in [1.82, 2.24) is 10.3 Å². The lowest BCUT2D eigenvalue weighted by molar-refractivity contribution is -0.125. The van der Waals surface area contributed by atoms with Crippen molar-refractivity contribution in [3.63, 3.8) is 0 Å². The molecule has 2 atom stereocenters. The van der Waals surface area contributed by atoms with Gasteiger partial charge in [-0.3, -0.25) is 4.79 Å². The average Bonchev–Trinajstić information content (AvgIpc) is 2.41. The van der Waals surface area contributed by atoms with E-state index in [1.54, 1.807) is 12.1 Å². The summed E-state index contributed by atoms with van der Waals surface area (Å²) >= 11 is 3.26. The van der Waals surface area contributed by atoms with Gasteiger partial charge in [-0.05, 0) is 28.1 Å². The molecule has 1 amide bonds. The minimum atomic E-state index is -0.527. The maximum absolute atomic E-state index is 12.0. The second-order valence-electron chi connectivity index (χ2n) is 4.51. The SMILES string of the molecule is O=C1Nc2nc(Br)ccc2OC1CC1CNCCO1. The zero-order valence-corrected chi connectivity index (χ0v) is 11.8. The Morgan fingerprint density at radius 2 is 2.37 bits per heavy atom. The summed E-state index contributed by atoms with van der Waals surface area (Å²) in [7, 11) is 0. The lowest BCUT2D eigenvalue weighted by atomic mass is 10.1. The zero-order chi connectivity index (χ0) is 13.2. The van der Waals surface area contributed by atoms with Gasteiger partial charge in [0.15, 0.2) is 17.7 Å². The molecular formula is C12H14BrN3O3. The summed E-state index contributed by atoms with van der Waals surface area (Å²) in [6.07, 6.45) is 0.0174. The number of fused-ring (bicyclic) bond motifs is 1. The van der Waals surface area contributed by atoms with Gasteiger partial charge >= 0.3 is 0 Å². The molecule has 1 fully saturated rings. The first-order valence-electron chi connectivity index (χ1n) is 6.19. The Morgan fingerprint density at radius 1 is 1.47 bits per heavy atom. The van der Waals surface area contributed by atoms with E-state index in [1.165, 1.54) is 0 Å². The summed E-state index contributed by atoms with van der Waals surface area (Å²) in [4.78, 5) is 16.1. The molecule has 6 nitrogen and oxygen atoms in total. The van der Waals surface area contributed by atoms with E-state index in [9.17, 15) is 4.79 Å². The largest absolute Gasteiger partial charge is 0.477 e. The van der Waals surface area contributed by atoms with Crippen LogP contribution in [0.5, 0.6) is 5.75 Å². The molecule has 2 aliphatic heterocycles. The number of amides is 1. The van der Waals surface area contributed by atoms with Crippen molar-refractivity contribution in [2.45, 2.75) is 18.6 Å². The summed E-state index contributed by atoms with van der Waals surface area (Å²) in [5.41, 5.74) is 0. The molecule has 0 spiro atoms. The van der Waals surface area contributed by atoms with Crippen LogP contribution in [-0.4, -0.2) is 42.8 Å². The van der Waals surface area contributed by atoms with Crippen LogP contribution in [0.1, 0.15) is 6.42 Å². The number of ether oxygens (including phenoxy) is 2. The van der Waals surface area contributed by atoms with Crippen LogP contribution in [0.15, 0.2) is 16.7 Å². The molecule has 1 aromatic heterocycles. The van der Waals surface area contributed by atoms with Gasteiger partial charge in [0.05, 0.1) is 12.7 Å². The van der Waals surface area contributed by atoms with Gasteiger partial charge < -0.3 is 20.1 Å². The number of pyridine rings is 1. The Balaban J connectivity index is 1.70. The fraction of sp³-hybridized carbons (Fsp3) is 0.500. The second-order valence-corrected chi connectivity index (χ2v) is 5.32. The number of aromatic nitrogens is 1. The Bertz CT molecular complexity index is 491. The number of hydrogen-bond acceptors (Lipinski definition) is 5. The van der Waals surface area contributed by atoms with Gasteiger partial charge in [0.2, 0.25) is 0 Å². The third kappa shape index (κ3) is 2.88. The van der Waals surface area contributed by atoms with Crippen molar-refractivity contribution in [2.75, 3.05) is 25.0 Å². The van der Waals surface area contributed by atoms with E-state index in [-0.39, 0.29) is 12.0 Å². The lowest BCUT2D eigenvalue weighted by Crippen LogP contribution is -2.45. The minimum Gasteiger partial charge on any atom is -0.477 e. The van der Waals surface area contributed by atoms with Gasteiger partial charge in [0.25, 0.3) is 5.91 Å². The smallest absolute Gasteiger partial charge is 0.266 e. The molecule has 2 unspecified atom stereocenters. The molecule has 3 heterocycles. The Morgan fingerprint density at radius 3 is 3.16 bits per heavy atom.